The fourth-order valence-electron chi connectivity index (χ4n) is 2.24. The lowest BCUT2D eigenvalue weighted by Gasteiger charge is -2.12. The number of benzene rings is 1. The molecule has 0 aliphatic heterocycles. The lowest BCUT2D eigenvalue weighted by Crippen LogP contribution is -2.38. The molecule has 0 spiro atoms. The number of rotatable bonds is 9. The van der Waals surface area contributed by atoms with Crippen LogP contribution in [0.1, 0.15) is 30.9 Å². The molecule has 0 atom stereocenters. The zero-order valence-corrected chi connectivity index (χ0v) is 17.9. The number of aryl methyl sites for hydroxylation is 1. The van der Waals surface area contributed by atoms with Gasteiger partial charge in [0.05, 0.1) is 13.7 Å². The molecule has 7 heteroatoms. The van der Waals surface area contributed by atoms with Crippen LogP contribution in [-0.4, -0.2) is 45.8 Å². The van der Waals surface area contributed by atoms with Crippen molar-refractivity contribution in [1.82, 2.24) is 10.6 Å². The third kappa shape index (κ3) is 9.52. The van der Waals surface area contributed by atoms with Crippen molar-refractivity contribution in [2.24, 2.45) is 4.99 Å². The maximum atomic E-state index is 11.3. The summed E-state index contributed by atoms with van der Waals surface area (Å²) in [5.74, 6) is 1.49. The molecule has 6 nitrogen and oxygen atoms in total. The summed E-state index contributed by atoms with van der Waals surface area (Å²) in [6.07, 6.45) is 2.01. The van der Waals surface area contributed by atoms with Gasteiger partial charge in [-0.15, -0.1) is 24.0 Å². The summed E-state index contributed by atoms with van der Waals surface area (Å²) in [6.45, 7) is 5.72. The molecular weight excluding hydrogens is 433 g/mol. The van der Waals surface area contributed by atoms with E-state index >= 15 is 0 Å². The third-order valence-corrected chi connectivity index (χ3v) is 3.56. The van der Waals surface area contributed by atoms with Crippen LogP contribution < -0.4 is 15.4 Å². The molecule has 0 heterocycles. The lowest BCUT2D eigenvalue weighted by atomic mass is 10.1. The highest BCUT2D eigenvalue weighted by molar-refractivity contribution is 14.0. The van der Waals surface area contributed by atoms with Gasteiger partial charge >= 0.3 is 5.97 Å². The van der Waals surface area contributed by atoms with Gasteiger partial charge in [-0.3, -0.25) is 9.79 Å². The fourth-order valence-corrected chi connectivity index (χ4v) is 2.24. The molecule has 0 unspecified atom stereocenters. The maximum Gasteiger partial charge on any atom is 0.305 e. The van der Waals surface area contributed by atoms with Crippen LogP contribution >= 0.6 is 24.0 Å². The molecule has 0 aliphatic carbocycles. The number of hydrogen-bond acceptors (Lipinski definition) is 4. The Hall–Kier alpha value is -1.51. The fraction of sp³-hybridized carbons (Fsp3) is 0.556. The number of ether oxygens (including phenoxy) is 2. The van der Waals surface area contributed by atoms with E-state index in [1.165, 1.54) is 5.56 Å². The number of halogens is 1. The minimum Gasteiger partial charge on any atom is -0.496 e. The number of methoxy groups -OCH3 is 1. The van der Waals surface area contributed by atoms with Crippen LogP contribution in [0.5, 0.6) is 5.75 Å². The maximum absolute atomic E-state index is 11.3. The SMILES string of the molecule is CCOC(=O)CCCNC(=NC)NCCc1ccc(C)c(OC)c1.I. The van der Waals surface area contributed by atoms with Crippen molar-refractivity contribution in [1.29, 1.82) is 0 Å². The number of hydrogen-bond donors (Lipinski definition) is 2. The van der Waals surface area contributed by atoms with Gasteiger partial charge in [-0.05, 0) is 43.9 Å². The van der Waals surface area contributed by atoms with E-state index < -0.39 is 0 Å². The van der Waals surface area contributed by atoms with Gasteiger partial charge in [-0.25, -0.2) is 0 Å². The molecule has 25 heavy (non-hydrogen) atoms. The third-order valence-electron chi connectivity index (χ3n) is 3.56. The van der Waals surface area contributed by atoms with Gasteiger partial charge in [0.15, 0.2) is 5.96 Å². The van der Waals surface area contributed by atoms with Crippen molar-refractivity contribution >= 4 is 35.9 Å². The smallest absolute Gasteiger partial charge is 0.305 e. The van der Waals surface area contributed by atoms with E-state index in [0.29, 0.717) is 26.0 Å². The van der Waals surface area contributed by atoms with Gasteiger partial charge in [-0.2, -0.15) is 0 Å². The van der Waals surface area contributed by atoms with Crippen LogP contribution in [0.4, 0.5) is 0 Å². The number of carbonyl (C=O) groups excluding carboxylic acids is 1. The zero-order valence-electron chi connectivity index (χ0n) is 15.6. The summed E-state index contributed by atoms with van der Waals surface area (Å²) in [4.78, 5) is 15.4. The van der Waals surface area contributed by atoms with Crippen molar-refractivity contribution in [2.45, 2.75) is 33.1 Å². The Labute approximate surface area is 167 Å². The van der Waals surface area contributed by atoms with E-state index in [1.54, 1.807) is 14.2 Å². The quantitative estimate of drug-likeness (QED) is 0.194. The molecule has 0 saturated heterocycles. The van der Waals surface area contributed by atoms with E-state index in [0.717, 1.165) is 30.2 Å². The van der Waals surface area contributed by atoms with E-state index in [9.17, 15) is 4.79 Å². The number of guanidine groups is 1. The number of esters is 1. The molecule has 0 aromatic heterocycles. The predicted octanol–water partition coefficient (Wildman–Crippen LogP) is 2.67. The number of carbonyl (C=O) groups is 1. The summed E-state index contributed by atoms with van der Waals surface area (Å²) >= 11 is 0. The summed E-state index contributed by atoms with van der Waals surface area (Å²) in [7, 11) is 3.42. The lowest BCUT2D eigenvalue weighted by molar-refractivity contribution is -0.143. The van der Waals surface area contributed by atoms with Crippen molar-refractivity contribution in [2.75, 3.05) is 33.9 Å². The average molecular weight is 463 g/mol. The van der Waals surface area contributed by atoms with Crippen molar-refractivity contribution in [3.8, 4) is 5.75 Å². The Morgan fingerprint density at radius 3 is 2.60 bits per heavy atom. The number of nitrogens with zero attached hydrogens (tertiary/aromatic N) is 1. The molecule has 0 aliphatic rings. The number of nitrogens with one attached hydrogen (secondary N) is 2. The highest BCUT2D eigenvalue weighted by Gasteiger charge is 2.03. The standard InChI is InChI=1S/C18H29N3O3.HI/c1-5-24-17(22)7-6-11-20-18(19-3)21-12-10-15-9-8-14(2)16(13-15)23-4;/h8-9,13H,5-7,10-12H2,1-4H3,(H2,19,20,21);1H. The Balaban J connectivity index is 0.00000576. The van der Waals surface area contributed by atoms with Crippen molar-refractivity contribution in [3.63, 3.8) is 0 Å². The van der Waals surface area contributed by atoms with Gasteiger partial charge in [0.1, 0.15) is 5.75 Å². The Morgan fingerprint density at radius 1 is 1.24 bits per heavy atom. The summed E-state index contributed by atoms with van der Waals surface area (Å²) in [6, 6.07) is 6.23. The first-order valence-electron chi connectivity index (χ1n) is 8.34. The number of aliphatic imine (C=N–C) groups is 1. The van der Waals surface area contributed by atoms with Gasteiger partial charge in [0.25, 0.3) is 0 Å². The van der Waals surface area contributed by atoms with Crippen molar-refractivity contribution < 1.29 is 14.3 Å². The average Bonchev–Trinajstić information content (AvgIpc) is 2.58. The van der Waals surface area contributed by atoms with E-state index in [2.05, 4.69) is 33.8 Å². The first-order chi connectivity index (χ1) is 11.6. The monoisotopic (exact) mass is 463 g/mol. The van der Waals surface area contributed by atoms with Crippen molar-refractivity contribution in [3.05, 3.63) is 29.3 Å². The molecule has 0 fully saturated rings. The molecule has 1 aromatic carbocycles. The minimum absolute atomic E-state index is 0. The van der Waals surface area contributed by atoms with E-state index in [-0.39, 0.29) is 29.9 Å². The zero-order chi connectivity index (χ0) is 17.8. The van der Waals surface area contributed by atoms with Crippen LogP contribution in [0.2, 0.25) is 0 Å². The molecule has 1 rings (SSSR count). The summed E-state index contributed by atoms with van der Waals surface area (Å²) < 4.78 is 10.2. The van der Waals surface area contributed by atoms with Crippen LogP contribution in [-0.2, 0) is 16.0 Å². The second-order valence-electron chi connectivity index (χ2n) is 5.39. The van der Waals surface area contributed by atoms with Crippen LogP contribution in [0.25, 0.3) is 0 Å². The predicted molar refractivity (Wildman–Crippen MR) is 112 cm³/mol. The summed E-state index contributed by atoms with van der Waals surface area (Å²) in [5, 5.41) is 6.46. The molecule has 0 saturated carbocycles. The molecule has 0 amide bonds. The molecule has 142 valence electrons. The molecule has 1 aromatic rings. The molecule has 0 radical (unpaired) electrons. The molecule has 2 N–H and O–H groups in total. The van der Waals surface area contributed by atoms with E-state index in [1.807, 2.05) is 13.8 Å². The van der Waals surface area contributed by atoms with Gasteiger partial charge in [-0.1, -0.05) is 12.1 Å². The van der Waals surface area contributed by atoms with E-state index in [4.69, 9.17) is 9.47 Å². The Bertz CT molecular complexity index is 550. The highest BCUT2D eigenvalue weighted by atomic mass is 127. The minimum atomic E-state index is -0.157. The van der Waals surface area contributed by atoms with Gasteiger partial charge in [0.2, 0.25) is 0 Å². The van der Waals surface area contributed by atoms with Crippen LogP contribution in [0.3, 0.4) is 0 Å². The highest BCUT2D eigenvalue weighted by Crippen LogP contribution is 2.18. The molecular formula is C18H30IN3O3. The molecule has 0 bridgehead atoms. The second-order valence-corrected chi connectivity index (χ2v) is 5.39. The first kappa shape index (κ1) is 23.5. The van der Waals surface area contributed by atoms with Gasteiger partial charge < -0.3 is 20.1 Å². The van der Waals surface area contributed by atoms with Crippen LogP contribution in [0, 0.1) is 6.92 Å². The Morgan fingerprint density at radius 2 is 1.96 bits per heavy atom. The normalized spacial score (nSPS) is 10.6. The summed E-state index contributed by atoms with van der Waals surface area (Å²) in [5.41, 5.74) is 2.34. The largest absolute Gasteiger partial charge is 0.496 e. The second kappa shape index (κ2) is 13.7. The Kier molecular flexibility index (Phi) is 12.9. The van der Waals surface area contributed by atoms with Crippen LogP contribution in [0.15, 0.2) is 23.2 Å². The topological polar surface area (TPSA) is 72.0 Å². The van der Waals surface area contributed by atoms with Gasteiger partial charge in [0, 0.05) is 26.6 Å². The first-order valence-corrected chi connectivity index (χ1v) is 8.34.